The molecule has 0 bridgehead atoms. The Hall–Kier alpha value is -1.33. The van der Waals surface area contributed by atoms with E-state index in [1.165, 1.54) is 0 Å². The van der Waals surface area contributed by atoms with Gasteiger partial charge in [-0.3, -0.25) is 4.68 Å². The smallest absolute Gasteiger partial charge is 0.125 e. The summed E-state index contributed by atoms with van der Waals surface area (Å²) in [6.45, 7) is 2.94. The zero-order chi connectivity index (χ0) is 14.1. The molecule has 3 aromatic rings. The lowest BCUT2D eigenvalue weighted by Crippen LogP contribution is -2.15. The van der Waals surface area contributed by atoms with Crippen LogP contribution in [-0.4, -0.2) is 19.3 Å². The molecule has 20 heavy (non-hydrogen) atoms. The predicted octanol–water partition coefficient (Wildman–Crippen LogP) is 4.00. The largest absolute Gasteiger partial charge is 0.322 e. The second-order valence-electron chi connectivity index (χ2n) is 4.74. The van der Waals surface area contributed by atoms with Crippen molar-refractivity contribution < 1.29 is 0 Å². The van der Waals surface area contributed by atoms with E-state index in [-0.39, 0.29) is 6.04 Å². The van der Waals surface area contributed by atoms with E-state index in [1.54, 1.807) is 6.20 Å². The first-order valence-corrected chi connectivity index (χ1v) is 7.71. The Balaban J connectivity index is 2.04. The summed E-state index contributed by atoms with van der Waals surface area (Å²) in [5.74, 6) is 1.29. The van der Waals surface area contributed by atoms with Gasteiger partial charge in [0.25, 0.3) is 0 Å². The fraction of sp³-hybridized carbons (Fsp3) is 0.286. The van der Waals surface area contributed by atoms with Gasteiger partial charge < -0.3 is 4.57 Å². The van der Waals surface area contributed by atoms with Crippen LogP contribution < -0.4 is 0 Å². The number of benzene rings is 1. The van der Waals surface area contributed by atoms with Crippen LogP contribution in [0, 0.1) is 0 Å². The van der Waals surface area contributed by atoms with Gasteiger partial charge in [0.1, 0.15) is 5.82 Å². The summed E-state index contributed by atoms with van der Waals surface area (Å²) in [6, 6.07) is 8.28. The van der Waals surface area contributed by atoms with Gasteiger partial charge in [0, 0.05) is 16.9 Å². The average molecular weight is 354 g/mol. The molecule has 3 rings (SSSR count). The summed E-state index contributed by atoms with van der Waals surface area (Å²) in [6.07, 6.45) is 3.75. The van der Waals surface area contributed by atoms with E-state index >= 15 is 0 Å². The summed E-state index contributed by atoms with van der Waals surface area (Å²) in [4.78, 5) is 4.61. The highest BCUT2D eigenvalue weighted by Gasteiger charge is 2.16. The molecule has 0 N–H and O–H groups in total. The van der Waals surface area contributed by atoms with Crippen molar-refractivity contribution in [2.45, 2.75) is 25.4 Å². The van der Waals surface area contributed by atoms with Crippen LogP contribution in [0.15, 0.2) is 41.1 Å². The SMILES string of the molecule is CC(Cn1cccn1)n1c(CCl)nc2cc(Br)ccc21. The number of halogens is 2. The molecule has 1 atom stereocenters. The lowest BCUT2D eigenvalue weighted by atomic mass is 10.2. The molecule has 0 fully saturated rings. The molecule has 1 aromatic carbocycles. The summed E-state index contributed by atoms with van der Waals surface area (Å²) >= 11 is 9.53. The number of imidazole rings is 1. The van der Waals surface area contributed by atoms with Crippen LogP contribution in [0.3, 0.4) is 0 Å². The molecule has 2 heterocycles. The molecular weight excluding hydrogens is 340 g/mol. The summed E-state index contributed by atoms with van der Waals surface area (Å²) in [7, 11) is 0. The molecule has 0 aliphatic rings. The Labute approximate surface area is 130 Å². The Morgan fingerprint density at radius 1 is 1.40 bits per heavy atom. The van der Waals surface area contributed by atoms with Crippen LogP contribution >= 0.6 is 27.5 Å². The van der Waals surface area contributed by atoms with E-state index in [4.69, 9.17) is 11.6 Å². The quantitative estimate of drug-likeness (QED) is 0.665. The second-order valence-corrected chi connectivity index (χ2v) is 5.92. The van der Waals surface area contributed by atoms with Crippen molar-refractivity contribution in [2.24, 2.45) is 0 Å². The monoisotopic (exact) mass is 352 g/mol. The van der Waals surface area contributed by atoms with Gasteiger partial charge in [0.15, 0.2) is 0 Å². The van der Waals surface area contributed by atoms with Gasteiger partial charge in [0.05, 0.1) is 29.5 Å². The highest BCUT2D eigenvalue weighted by Crippen LogP contribution is 2.25. The molecule has 0 saturated heterocycles. The third kappa shape index (κ3) is 2.47. The number of rotatable bonds is 4. The first-order valence-electron chi connectivity index (χ1n) is 6.39. The van der Waals surface area contributed by atoms with Gasteiger partial charge in [-0.1, -0.05) is 15.9 Å². The van der Waals surface area contributed by atoms with E-state index in [9.17, 15) is 0 Å². The predicted molar refractivity (Wildman–Crippen MR) is 83.9 cm³/mol. The molecule has 0 aliphatic carbocycles. The van der Waals surface area contributed by atoms with Crippen LogP contribution in [0.5, 0.6) is 0 Å². The Kier molecular flexibility index (Phi) is 3.81. The molecule has 0 amide bonds. The van der Waals surface area contributed by atoms with Gasteiger partial charge in [-0.15, -0.1) is 11.6 Å². The molecule has 0 spiro atoms. The lowest BCUT2D eigenvalue weighted by molar-refractivity contribution is 0.438. The third-order valence-corrected chi connectivity index (χ3v) is 4.03. The van der Waals surface area contributed by atoms with Gasteiger partial charge >= 0.3 is 0 Å². The van der Waals surface area contributed by atoms with Crippen LogP contribution in [0.1, 0.15) is 18.8 Å². The van der Waals surface area contributed by atoms with Gasteiger partial charge in [-0.2, -0.15) is 5.10 Å². The molecule has 6 heteroatoms. The second kappa shape index (κ2) is 5.58. The molecule has 104 valence electrons. The Morgan fingerprint density at radius 3 is 2.95 bits per heavy atom. The molecule has 0 aliphatic heterocycles. The van der Waals surface area contributed by atoms with E-state index in [2.05, 4.69) is 43.6 Å². The summed E-state index contributed by atoms with van der Waals surface area (Å²) < 4.78 is 5.14. The first kappa shape index (κ1) is 13.6. The third-order valence-electron chi connectivity index (χ3n) is 3.30. The van der Waals surface area contributed by atoms with Crippen molar-refractivity contribution in [1.29, 1.82) is 0 Å². The highest BCUT2D eigenvalue weighted by atomic mass is 79.9. The van der Waals surface area contributed by atoms with Crippen molar-refractivity contribution in [3.63, 3.8) is 0 Å². The van der Waals surface area contributed by atoms with Crippen molar-refractivity contribution in [1.82, 2.24) is 19.3 Å². The van der Waals surface area contributed by atoms with E-state index in [0.717, 1.165) is 27.9 Å². The van der Waals surface area contributed by atoms with Crippen molar-refractivity contribution in [3.8, 4) is 0 Å². The van der Waals surface area contributed by atoms with Crippen molar-refractivity contribution >= 4 is 38.6 Å². The minimum absolute atomic E-state index is 0.231. The molecular formula is C14H14BrClN4. The normalized spacial score (nSPS) is 12.9. The number of hydrogen-bond donors (Lipinski definition) is 0. The van der Waals surface area contributed by atoms with Crippen molar-refractivity contribution in [3.05, 3.63) is 47.0 Å². The fourth-order valence-corrected chi connectivity index (χ4v) is 3.01. The van der Waals surface area contributed by atoms with Gasteiger partial charge in [-0.25, -0.2) is 4.98 Å². The van der Waals surface area contributed by atoms with E-state index < -0.39 is 0 Å². The minimum Gasteiger partial charge on any atom is -0.322 e. The maximum atomic E-state index is 6.05. The van der Waals surface area contributed by atoms with Gasteiger partial charge in [0.2, 0.25) is 0 Å². The molecule has 4 nitrogen and oxygen atoms in total. The molecule has 1 unspecified atom stereocenters. The Morgan fingerprint density at radius 2 is 2.25 bits per heavy atom. The first-order chi connectivity index (χ1) is 9.69. The highest BCUT2D eigenvalue weighted by molar-refractivity contribution is 9.10. The zero-order valence-corrected chi connectivity index (χ0v) is 13.3. The summed E-state index contributed by atoms with van der Waals surface area (Å²) in [5, 5.41) is 4.26. The molecule has 2 aromatic heterocycles. The Bertz CT molecular complexity index is 720. The minimum atomic E-state index is 0.231. The number of alkyl halides is 1. The van der Waals surface area contributed by atoms with Crippen LogP contribution in [-0.2, 0) is 12.4 Å². The van der Waals surface area contributed by atoms with Crippen molar-refractivity contribution in [2.75, 3.05) is 0 Å². The molecule has 0 saturated carbocycles. The lowest BCUT2D eigenvalue weighted by Gasteiger charge is -2.17. The standard InChI is InChI=1S/C14H14BrClN4/c1-10(9-19-6-2-5-17-19)20-13-4-3-11(15)7-12(13)18-14(20)8-16/h2-7,10H,8-9H2,1H3. The maximum Gasteiger partial charge on any atom is 0.125 e. The summed E-state index contributed by atoms with van der Waals surface area (Å²) in [5.41, 5.74) is 2.06. The number of nitrogens with zero attached hydrogens (tertiary/aromatic N) is 4. The fourth-order valence-electron chi connectivity index (χ4n) is 2.47. The maximum absolute atomic E-state index is 6.05. The molecule has 0 radical (unpaired) electrons. The zero-order valence-electron chi connectivity index (χ0n) is 11.0. The number of hydrogen-bond acceptors (Lipinski definition) is 2. The average Bonchev–Trinajstić information content (AvgIpc) is 3.04. The number of aromatic nitrogens is 4. The van der Waals surface area contributed by atoms with Crippen LogP contribution in [0.4, 0.5) is 0 Å². The number of fused-ring (bicyclic) bond motifs is 1. The van der Waals surface area contributed by atoms with Crippen LogP contribution in [0.2, 0.25) is 0 Å². The van der Waals surface area contributed by atoms with E-state index in [0.29, 0.717) is 5.88 Å². The van der Waals surface area contributed by atoms with E-state index in [1.807, 2.05) is 29.1 Å². The topological polar surface area (TPSA) is 35.6 Å². The van der Waals surface area contributed by atoms with Crippen LogP contribution in [0.25, 0.3) is 11.0 Å². The van der Waals surface area contributed by atoms with Gasteiger partial charge in [-0.05, 0) is 31.2 Å².